The van der Waals surface area contributed by atoms with Gasteiger partial charge >= 0.3 is 0 Å². The van der Waals surface area contributed by atoms with Gasteiger partial charge in [-0.25, -0.2) is 0 Å². The first-order valence-electron chi connectivity index (χ1n) is 6.22. The molecule has 0 saturated heterocycles. The van der Waals surface area contributed by atoms with Gasteiger partial charge in [0.05, 0.1) is 5.69 Å². The predicted octanol–water partition coefficient (Wildman–Crippen LogP) is 2.75. The number of hydrogen-bond acceptors (Lipinski definition) is 3. The molecule has 90 valence electrons. The number of nitrogens with zero attached hydrogens (tertiary/aromatic N) is 1. The van der Waals surface area contributed by atoms with Crippen molar-refractivity contribution in [2.75, 3.05) is 11.9 Å². The summed E-state index contributed by atoms with van der Waals surface area (Å²) in [5.74, 6) is 0. The van der Waals surface area contributed by atoms with Crippen molar-refractivity contribution in [1.82, 2.24) is 0 Å². The van der Waals surface area contributed by atoms with Gasteiger partial charge in [0.25, 0.3) is 0 Å². The quantitative estimate of drug-likeness (QED) is 0.862. The summed E-state index contributed by atoms with van der Waals surface area (Å²) in [6.07, 6.45) is 5.38. The molecular formula is C14H18N2O. The molecule has 1 aliphatic rings. The average molecular weight is 230 g/mol. The molecule has 0 aliphatic heterocycles. The molecule has 0 bridgehead atoms. The van der Waals surface area contributed by atoms with E-state index in [9.17, 15) is 0 Å². The van der Waals surface area contributed by atoms with Gasteiger partial charge in [0.1, 0.15) is 11.8 Å². The van der Waals surface area contributed by atoms with E-state index in [-0.39, 0.29) is 6.04 Å². The number of anilines is 1. The van der Waals surface area contributed by atoms with Crippen LogP contribution in [0, 0.1) is 0 Å². The molecule has 0 amide bonds. The Morgan fingerprint density at radius 3 is 2.88 bits per heavy atom. The number of para-hydroxylation sites is 1. The first-order chi connectivity index (χ1) is 8.27. The van der Waals surface area contributed by atoms with Gasteiger partial charge in [-0.2, -0.15) is 0 Å². The van der Waals surface area contributed by atoms with Crippen LogP contribution in [0.1, 0.15) is 19.3 Å². The van der Waals surface area contributed by atoms with Crippen molar-refractivity contribution in [3.63, 3.8) is 0 Å². The number of likely N-dealkylation sites (N-methyl/N-ethyl adjacent to an activating group) is 1. The van der Waals surface area contributed by atoms with E-state index in [1.54, 1.807) is 0 Å². The van der Waals surface area contributed by atoms with Crippen LogP contribution in [0.5, 0.6) is 0 Å². The highest BCUT2D eigenvalue weighted by atomic mass is 16.3. The lowest BCUT2D eigenvalue weighted by atomic mass is 10.1. The third-order valence-electron chi connectivity index (χ3n) is 3.87. The van der Waals surface area contributed by atoms with E-state index in [0.29, 0.717) is 6.04 Å². The van der Waals surface area contributed by atoms with Gasteiger partial charge in [-0.1, -0.05) is 12.1 Å². The fourth-order valence-corrected chi connectivity index (χ4v) is 2.87. The van der Waals surface area contributed by atoms with Crippen molar-refractivity contribution in [3.05, 3.63) is 30.5 Å². The van der Waals surface area contributed by atoms with Gasteiger partial charge in [0.2, 0.25) is 0 Å². The number of benzene rings is 1. The third kappa shape index (κ3) is 1.71. The molecule has 1 aromatic heterocycles. The lowest BCUT2D eigenvalue weighted by molar-refractivity contribution is 0.565. The number of nitrogens with two attached hydrogens (primary N) is 1. The highest BCUT2D eigenvalue weighted by molar-refractivity contribution is 5.91. The molecule has 1 aliphatic carbocycles. The molecule has 2 aromatic rings. The lowest BCUT2D eigenvalue weighted by Gasteiger charge is -2.28. The SMILES string of the molecule is CN(c1coc2ccccc12)C1CCCC1N. The zero-order valence-electron chi connectivity index (χ0n) is 10.1. The van der Waals surface area contributed by atoms with E-state index in [2.05, 4.69) is 18.0 Å². The second-order valence-corrected chi connectivity index (χ2v) is 4.89. The number of rotatable bonds is 2. The first-order valence-corrected chi connectivity index (χ1v) is 6.22. The molecule has 0 radical (unpaired) electrons. The van der Waals surface area contributed by atoms with E-state index >= 15 is 0 Å². The maximum absolute atomic E-state index is 6.16. The highest BCUT2D eigenvalue weighted by Crippen LogP contribution is 2.32. The summed E-state index contributed by atoms with van der Waals surface area (Å²) >= 11 is 0. The Morgan fingerprint density at radius 2 is 2.12 bits per heavy atom. The average Bonchev–Trinajstić information content (AvgIpc) is 2.94. The minimum atomic E-state index is 0.286. The second kappa shape index (κ2) is 4.08. The summed E-state index contributed by atoms with van der Waals surface area (Å²) in [6, 6.07) is 8.87. The van der Waals surface area contributed by atoms with Crippen LogP contribution in [0.2, 0.25) is 0 Å². The van der Waals surface area contributed by atoms with E-state index in [1.165, 1.54) is 18.2 Å². The molecule has 1 saturated carbocycles. The smallest absolute Gasteiger partial charge is 0.136 e. The minimum Gasteiger partial charge on any atom is -0.462 e. The number of furan rings is 1. The van der Waals surface area contributed by atoms with Gasteiger partial charge < -0.3 is 15.1 Å². The number of fused-ring (bicyclic) bond motifs is 1. The Kier molecular flexibility index (Phi) is 2.56. The van der Waals surface area contributed by atoms with E-state index in [0.717, 1.165) is 17.7 Å². The van der Waals surface area contributed by atoms with Crippen LogP contribution in [-0.2, 0) is 0 Å². The minimum absolute atomic E-state index is 0.286. The Labute approximate surface area is 101 Å². The summed E-state index contributed by atoms with van der Waals surface area (Å²) < 4.78 is 5.58. The van der Waals surface area contributed by atoms with Crippen molar-refractivity contribution in [3.8, 4) is 0 Å². The fourth-order valence-electron chi connectivity index (χ4n) is 2.87. The summed E-state index contributed by atoms with van der Waals surface area (Å²) in [7, 11) is 2.12. The Balaban J connectivity index is 1.98. The normalized spacial score (nSPS) is 24.4. The van der Waals surface area contributed by atoms with Crippen LogP contribution < -0.4 is 10.6 Å². The van der Waals surface area contributed by atoms with Gasteiger partial charge in [-0.05, 0) is 31.4 Å². The van der Waals surface area contributed by atoms with Gasteiger partial charge in [0.15, 0.2) is 0 Å². The molecule has 0 spiro atoms. The van der Waals surface area contributed by atoms with Gasteiger partial charge in [-0.15, -0.1) is 0 Å². The number of hydrogen-bond donors (Lipinski definition) is 1. The molecular weight excluding hydrogens is 212 g/mol. The molecule has 1 heterocycles. The summed E-state index contributed by atoms with van der Waals surface area (Å²) in [4.78, 5) is 2.28. The van der Waals surface area contributed by atoms with Crippen LogP contribution in [-0.4, -0.2) is 19.1 Å². The summed E-state index contributed by atoms with van der Waals surface area (Å²) in [6.45, 7) is 0. The van der Waals surface area contributed by atoms with Crippen LogP contribution in [0.3, 0.4) is 0 Å². The lowest BCUT2D eigenvalue weighted by Crippen LogP contribution is -2.42. The molecule has 2 unspecified atom stereocenters. The predicted molar refractivity (Wildman–Crippen MR) is 70.2 cm³/mol. The molecule has 17 heavy (non-hydrogen) atoms. The van der Waals surface area contributed by atoms with E-state index in [4.69, 9.17) is 10.2 Å². The summed E-state index contributed by atoms with van der Waals surface area (Å²) in [5, 5.41) is 1.18. The molecule has 3 nitrogen and oxygen atoms in total. The van der Waals surface area contributed by atoms with Crippen LogP contribution >= 0.6 is 0 Å². The largest absolute Gasteiger partial charge is 0.462 e. The van der Waals surface area contributed by atoms with Crippen LogP contribution in [0.15, 0.2) is 34.9 Å². The third-order valence-corrected chi connectivity index (χ3v) is 3.87. The molecule has 1 fully saturated rings. The maximum Gasteiger partial charge on any atom is 0.136 e. The molecule has 2 N–H and O–H groups in total. The molecule has 2 atom stereocenters. The maximum atomic E-state index is 6.16. The van der Waals surface area contributed by atoms with Crippen molar-refractivity contribution in [2.45, 2.75) is 31.3 Å². The second-order valence-electron chi connectivity index (χ2n) is 4.89. The van der Waals surface area contributed by atoms with E-state index < -0.39 is 0 Å². The van der Waals surface area contributed by atoms with Crippen molar-refractivity contribution < 1.29 is 4.42 Å². The Morgan fingerprint density at radius 1 is 1.29 bits per heavy atom. The molecule has 1 aromatic carbocycles. The Hall–Kier alpha value is -1.48. The van der Waals surface area contributed by atoms with Gasteiger partial charge in [-0.3, -0.25) is 0 Å². The zero-order chi connectivity index (χ0) is 11.8. The van der Waals surface area contributed by atoms with Crippen molar-refractivity contribution in [1.29, 1.82) is 0 Å². The van der Waals surface area contributed by atoms with Crippen molar-refractivity contribution >= 4 is 16.7 Å². The van der Waals surface area contributed by atoms with Gasteiger partial charge in [0, 0.05) is 24.5 Å². The first kappa shape index (κ1) is 10.7. The fraction of sp³-hybridized carbons (Fsp3) is 0.429. The Bertz CT molecular complexity index is 520. The van der Waals surface area contributed by atoms with Crippen molar-refractivity contribution in [2.24, 2.45) is 5.73 Å². The zero-order valence-corrected chi connectivity index (χ0v) is 10.1. The van der Waals surface area contributed by atoms with Crippen LogP contribution in [0.25, 0.3) is 11.0 Å². The van der Waals surface area contributed by atoms with Crippen LogP contribution in [0.4, 0.5) is 5.69 Å². The standard InChI is InChI=1S/C14H18N2O/c1-16(12-7-4-6-11(12)15)13-9-17-14-8-3-2-5-10(13)14/h2-3,5,8-9,11-12H,4,6-7,15H2,1H3. The molecule has 3 heteroatoms. The van der Waals surface area contributed by atoms with E-state index in [1.807, 2.05) is 24.5 Å². The summed E-state index contributed by atoms with van der Waals surface area (Å²) in [5.41, 5.74) is 8.26. The monoisotopic (exact) mass is 230 g/mol. The highest BCUT2D eigenvalue weighted by Gasteiger charge is 2.28. The molecule has 3 rings (SSSR count). The topological polar surface area (TPSA) is 42.4 Å².